The van der Waals surface area contributed by atoms with Gasteiger partial charge in [0.1, 0.15) is 12.8 Å². The van der Waals surface area contributed by atoms with E-state index in [0.29, 0.717) is 0 Å². The molecule has 1 nitrogen and oxygen atoms in total. The van der Waals surface area contributed by atoms with Gasteiger partial charge in [-0.1, -0.05) is 0 Å². The Morgan fingerprint density at radius 1 is 1.33 bits per heavy atom. The Morgan fingerprint density at radius 3 is 1.89 bits per heavy atom. The molecule has 1 atom stereocenters. The second kappa shape index (κ2) is 3.00. The van der Waals surface area contributed by atoms with Crippen LogP contribution in [0.25, 0.3) is 0 Å². The summed E-state index contributed by atoms with van der Waals surface area (Å²) < 4.78 is 45.7. The van der Waals surface area contributed by atoms with E-state index in [1.54, 1.807) is 0 Å². The Kier molecular flexibility index (Phi) is 2.90. The predicted octanol–water partition coefficient (Wildman–Crippen LogP) is 0.922. The average molecular weight is 146 g/mol. The summed E-state index contributed by atoms with van der Waals surface area (Å²) in [6.45, 7) is -3.66. The second-order valence-corrected chi connectivity index (χ2v) is 1.56. The fourth-order valence-corrected chi connectivity index (χ4v) is 0.202. The van der Waals surface area contributed by atoms with E-state index >= 15 is 0 Å². The Bertz CT molecular complexity index is 84.6. The predicted molar refractivity (Wildman–Crippen MR) is 22.9 cm³/mol. The SMILES string of the molecule is OC(CF)C(F)(F)CF. The topological polar surface area (TPSA) is 20.2 Å². The van der Waals surface area contributed by atoms with Crippen LogP contribution < -0.4 is 0 Å². The van der Waals surface area contributed by atoms with Crippen LogP contribution in [0.4, 0.5) is 17.6 Å². The van der Waals surface area contributed by atoms with Crippen molar-refractivity contribution in [2.75, 3.05) is 13.3 Å². The summed E-state index contributed by atoms with van der Waals surface area (Å²) >= 11 is 0. The highest BCUT2D eigenvalue weighted by atomic mass is 19.3. The minimum atomic E-state index is -3.94. The molecule has 0 heterocycles. The van der Waals surface area contributed by atoms with Gasteiger partial charge in [0, 0.05) is 0 Å². The lowest BCUT2D eigenvalue weighted by atomic mass is 10.2. The lowest BCUT2D eigenvalue weighted by Crippen LogP contribution is -2.36. The standard InChI is InChI=1S/C4H6F4O/c5-1-3(9)4(7,8)2-6/h3,9H,1-2H2. The molecule has 1 unspecified atom stereocenters. The van der Waals surface area contributed by atoms with Gasteiger partial charge in [-0.05, 0) is 0 Å². The molecule has 0 aliphatic heterocycles. The first-order valence-corrected chi connectivity index (χ1v) is 2.22. The summed E-state index contributed by atoms with van der Waals surface area (Å²) in [4.78, 5) is 0. The molecule has 0 aliphatic rings. The van der Waals surface area contributed by atoms with Crippen molar-refractivity contribution < 1.29 is 22.7 Å². The summed E-state index contributed by atoms with van der Waals surface area (Å²) in [6.07, 6.45) is -2.51. The number of hydrogen-bond donors (Lipinski definition) is 1. The molecule has 0 saturated carbocycles. The van der Waals surface area contributed by atoms with Gasteiger partial charge in [0.25, 0.3) is 0 Å². The smallest absolute Gasteiger partial charge is 0.303 e. The van der Waals surface area contributed by atoms with Crippen LogP contribution in [0, 0.1) is 0 Å². The van der Waals surface area contributed by atoms with Crippen molar-refractivity contribution in [2.24, 2.45) is 0 Å². The Balaban J connectivity index is 3.80. The lowest BCUT2D eigenvalue weighted by Gasteiger charge is -2.15. The number of aliphatic hydroxyl groups is 1. The minimum absolute atomic E-state index is 1.63. The fourth-order valence-electron chi connectivity index (χ4n) is 0.202. The zero-order valence-electron chi connectivity index (χ0n) is 4.45. The summed E-state index contributed by atoms with van der Waals surface area (Å²) in [5.74, 6) is -3.94. The third kappa shape index (κ3) is 2.17. The van der Waals surface area contributed by atoms with Gasteiger partial charge < -0.3 is 5.11 Å². The highest BCUT2D eigenvalue weighted by Gasteiger charge is 2.38. The van der Waals surface area contributed by atoms with Gasteiger partial charge in [-0.3, -0.25) is 0 Å². The summed E-state index contributed by atoms with van der Waals surface area (Å²) in [5, 5.41) is 8.02. The summed E-state index contributed by atoms with van der Waals surface area (Å²) in [7, 11) is 0. The van der Waals surface area contributed by atoms with Crippen LogP contribution in [-0.2, 0) is 0 Å². The van der Waals surface area contributed by atoms with Crippen LogP contribution in [0.5, 0.6) is 0 Å². The second-order valence-electron chi connectivity index (χ2n) is 1.56. The molecule has 1 N–H and O–H groups in total. The van der Waals surface area contributed by atoms with E-state index < -0.39 is 25.4 Å². The minimum Gasteiger partial charge on any atom is -0.384 e. The molecular weight excluding hydrogens is 140 g/mol. The molecule has 0 radical (unpaired) electrons. The van der Waals surface area contributed by atoms with Crippen LogP contribution in [0.15, 0.2) is 0 Å². The third-order valence-electron chi connectivity index (χ3n) is 0.812. The molecule has 0 rings (SSSR count). The van der Waals surface area contributed by atoms with Gasteiger partial charge in [0.05, 0.1) is 0 Å². The normalized spacial score (nSPS) is 15.7. The molecule has 56 valence electrons. The lowest BCUT2D eigenvalue weighted by molar-refractivity contribution is -0.126. The van der Waals surface area contributed by atoms with Crippen LogP contribution in [0.1, 0.15) is 0 Å². The maximum absolute atomic E-state index is 11.7. The number of rotatable bonds is 3. The van der Waals surface area contributed by atoms with Crippen LogP contribution in [-0.4, -0.2) is 30.5 Å². The largest absolute Gasteiger partial charge is 0.384 e. The molecule has 0 aromatic rings. The van der Waals surface area contributed by atoms with E-state index in [4.69, 9.17) is 5.11 Å². The van der Waals surface area contributed by atoms with Crippen LogP contribution >= 0.6 is 0 Å². The molecule has 0 spiro atoms. The molecule has 0 fully saturated rings. The quantitative estimate of drug-likeness (QED) is 0.587. The first-order valence-electron chi connectivity index (χ1n) is 2.22. The highest BCUT2D eigenvalue weighted by Crippen LogP contribution is 2.18. The maximum Gasteiger partial charge on any atom is 0.303 e. The van der Waals surface area contributed by atoms with Crippen molar-refractivity contribution >= 4 is 0 Å². The average Bonchev–Trinajstić information content (AvgIpc) is 1.86. The molecule has 0 aliphatic carbocycles. The van der Waals surface area contributed by atoms with Gasteiger partial charge in [0.2, 0.25) is 0 Å². The molecule has 5 heteroatoms. The molecular formula is C4H6F4O. The zero-order valence-corrected chi connectivity index (χ0v) is 4.45. The van der Waals surface area contributed by atoms with E-state index in [1.165, 1.54) is 0 Å². The van der Waals surface area contributed by atoms with Gasteiger partial charge in [-0.2, -0.15) is 0 Å². The molecule has 0 amide bonds. The van der Waals surface area contributed by atoms with Gasteiger partial charge in [-0.15, -0.1) is 0 Å². The van der Waals surface area contributed by atoms with E-state index in [-0.39, 0.29) is 0 Å². The third-order valence-corrected chi connectivity index (χ3v) is 0.812. The van der Waals surface area contributed by atoms with E-state index in [1.807, 2.05) is 0 Å². The van der Waals surface area contributed by atoms with E-state index in [2.05, 4.69) is 0 Å². The van der Waals surface area contributed by atoms with Gasteiger partial charge in [-0.25, -0.2) is 17.6 Å². The number of aliphatic hydroxyl groups excluding tert-OH is 1. The monoisotopic (exact) mass is 146 g/mol. The maximum atomic E-state index is 11.7. The van der Waals surface area contributed by atoms with E-state index in [0.717, 1.165) is 0 Å². The molecule has 9 heavy (non-hydrogen) atoms. The molecule has 0 aromatic heterocycles. The summed E-state index contributed by atoms with van der Waals surface area (Å²) in [6, 6.07) is 0. The molecule has 0 bridgehead atoms. The van der Waals surface area contributed by atoms with Crippen molar-refractivity contribution in [3.05, 3.63) is 0 Å². The Labute approximate surface area is 49.3 Å². The number of halogens is 4. The highest BCUT2D eigenvalue weighted by molar-refractivity contribution is 4.74. The number of alkyl halides is 4. The molecule has 0 aromatic carbocycles. The fraction of sp³-hybridized carbons (Fsp3) is 1.00. The van der Waals surface area contributed by atoms with Gasteiger partial charge >= 0.3 is 5.92 Å². The van der Waals surface area contributed by atoms with E-state index in [9.17, 15) is 17.6 Å². The molecule has 0 saturated heterocycles. The number of hydrogen-bond acceptors (Lipinski definition) is 1. The Hall–Kier alpha value is -0.320. The first kappa shape index (κ1) is 8.68. The summed E-state index contributed by atoms with van der Waals surface area (Å²) in [5.41, 5.74) is 0. The van der Waals surface area contributed by atoms with Crippen molar-refractivity contribution in [3.63, 3.8) is 0 Å². The van der Waals surface area contributed by atoms with Crippen molar-refractivity contribution in [3.8, 4) is 0 Å². The zero-order chi connectivity index (χ0) is 7.49. The van der Waals surface area contributed by atoms with Crippen molar-refractivity contribution in [2.45, 2.75) is 12.0 Å². The first-order chi connectivity index (χ1) is 4.04. The van der Waals surface area contributed by atoms with Crippen LogP contribution in [0.3, 0.4) is 0 Å². The Morgan fingerprint density at radius 2 is 1.78 bits per heavy atom. The van der Waals surface area contributed by atoms with Gasteiger partial charge in [0.15, 0.2) is 6.67 Å². The van der Waals surface area contributed by atoms with Crippen molar-refractivity contribution in [1.29, 1.82) is 0 Å². The van der Waals surface area contributed by atoms with Crippen LogP contribution in [0.2, 0.25) is 0 Å². The van der Waals surface area contributed by atoms with Crippen molar-refractivity contribution in [1.82, 2.24) is 0 Å².